The number of carbonyl (C=O) groups is 2. The van der Waals surface area contributed by atoms with E-state index >= 15 is 0 Å². The second kappa shape index (κ2) is 12.3. The maximum atomic E-state index is 13.9. The van der Waals surface area contributed by atoms with Crippen LogP contribution in [0.2, 0.25) is 0 Å². The number of aliphatic hydroxyl groups excluding tert-OH is 1. The third kappa shape index (κ3) is 6.10. The molecule has 4 rings (SSSR count). The average molecular weight is 526 g/mol. The van der Waals surface area contributed by atoms with E-state index in [0.717, 1.165) is 11.3 Å². The van der Waals surface area contributed by atoms with Crippen molar-refractivity contribution in [3.63, 3.8) is 0 Å². The van der Waals surface area contributed by atoms with E-state index < -0.39 is 17.7 Å². The smallest absolute Gasteiger partial charge is 0.203 e. The number of ketones is 2. The topological polar surface area (TPSA) is 85.3 Å². The van der Waals surface area contributed by atoms with E-state index in [1.54, 1.807) is 60.7 Å². The number of hydrogen-bond acceptors (Lipinski definition) is 7. The van der Waals surface area contributed by atoms with Gasteiger partial charge in [-0.05, 0) is 41.5 Å². The number of nitrogens with zero attached hydrogens (tertiary/aromatic N) is 1. The Kier molecular flexibility index (Phi) is 8.63. The number of benzene rings is 4. The highest BCUT2D eigenvalue weighted by Gasteiger charge is 2.27. The van der Waals surface area contributed by atoms with Crippen LogP contribution in [0.3, 0.4) is 0 Å². The molecule has 4 aromatic carbocycles. The number of rotatable bonds is 11. The summed E-state index contributed by atoms with van der Waals surface area (Å²) in [5.41, 5.74) is 2.65. The van der Waals surface area contributed by atoms with Gasteiger partial charge in [-0.3, -0.25) is 9.59 Å². The zero-order valence-electron chi connectivity index (χ0n) is 22.4. The van der Waals surface area contributed by atoms with Crippen LogP contribution in [0.1, 0.15) is 43.5 Å². The number of Topliss-reactive ketones (excluding diaryl/α,β-unsaturated/α-hetero) is 1. The van der Waals surface area contributed by atoms with E-state index in [1.807, 2.05) is 49.3 Å². The molecule has 0 fully saturated rings. The molecule has 0 bridgehead atoms. The summed E-state index contributed by atoms with van der Waals surface area (Å²) in [6, 6.07) is 26.4. The van der Waals surface area contributed by atoms with Crippen molar-refractivity contribution in [2.75, 3.05) is 33.2 Å². The van der Waals surface area contributed by atoms with Crippen molar-refractivity contribution in [2.45, 2.75) is 12.7 Å². The average Bonchev–Trinajstić information content (AvgIpc) is 2.99. The molecule has 0 radical (unpaired) electrons. The molecule has 4 aromatic rings. The van der Waals surface area contributed by atoms with Crippen molar-refractivity contribution in [3.8, 4) is 17.2 Å². The minimum atomic E-state index is -1.42. The van der Waals surface area contributed by atoms with Gasteiger partial charge in [-0.2, -0.15) is 0 Å². The molecule has 7 nitrogen and oxygen atoms in total. The predicted molar refractivity (Wildman–Crippen MR) is 150 cm³/mol. The van der Waals surface area contributed by atoms with Crippen molar-refractivity contribution in [2.24, 2.45) is 0 Å². The lowest BCUT2D eigenvalue weighted by atomic mass is 9.91. The third-order valence-electron chi connectivity index (χ3n) is 6.34. The molecule has 7 heteroatoms. The Morgan fingerprint density at radius 3 is 1.95 bits per heavy atom. The fourth-order valence-corrected chi connectivity index (χ4v) is 4.19. The molecule has 0 aliphatic carbocycles. The molecule has 0 amide bonds. The van der Waals surface area contributed by atoms with E-state index in [9.17, 15) is 14.7 Å². The highest BCUT2D eigenvalue weighted by atomic mass is 16.5. The largest absolute Gasteiger partial charge is 0.493 e. The number of carbonyl (C=O) groups excluding carboxylic acids is 2. The second-order valence-corrected chi connectivity index (χ2v) is 9.12. The number of ether oxygens (including phenoxy) is 3. The lowest BCUT2D eigenvalue weighted by Gasteiger charge is -2.19. The molecule has 39 heavy (non-hydrogen) atoms. The Morgan fingerprint density at radius 2 is 1.38 bits per heavy atom. The first-order valence-electron chi connectivity index (χ1n) is 12.4. The van der Waals surface area contributed by atoms with Crippen LogP contribution in [0.5, 0.6) is 17.2 Å². The summed E-state index contributed by atoms with van der Waals surface area (Å²) in [6.45, 7) is 0.280. The van der Waals surface area contributed by atoms with Gasteiger partial charge in [0.15, 0.2) is 23.1 Å². The standard InChI is InChI=1S/C32H31NO6/c1-33(2)24-15-16-25(31(36)30(35)22-13-9-6-10-14-22)26(19-24)29(34)23-17-27(37-3)32(28(18-23)38-4)39-20-21-11-7-5-8-12-21/h5-19,30,35H,20H2,1-4H3. The van der Waals surface area contributed by atoms with Crippen LogP contribution in [0.15, 0.2) is 91.0 Å². The molecule has 1 unspecified atom stereocenters. The Labute approximate surface area is 228 Å². The van der Waals surface area contributed by atoms with Gasteiger partial charge < -0.3 is 24.2 Å². The van der Waals surface area contributed by atoms with Crippen LogP contribution in [-0.2, 0) is 6.61 Å². The number of aliphatic hydroxyl groups is 1. The quantitative estimate of drug-likeness (QED) is 0.259. The first-order valence-corrected chi connectivity index (χ1v) is 12.4. The number of hydrogen-bond donors (Lipinski definition) is 1. The van der Waals surface area contributed by atoms with Crippen molar-refractivity contribution in [1.29, 1.82) is 0 Å². The maximum Gasteiger partial charge on any atom is 0.203 e. The molecule has 0 heterocycles. The fraction of sp³-hybridized carbons (Fsp3) is 0.188. The van der Waals surface area contributed by atoms with Gasteiger partial charge in [0.2, 0.25) is 5.75 Å². The van der Waals surface area contributed by atoms with Crippen LogP contribution in [0.25, 0.3) is 0 Å². The van der Waals surface area contributed by atoms with E-state index in [-0.39, 0.29) is 23.3 Å². The molecular weight excluding hydrogens is 494 g/mol. The minimum Gasteiger partial charge on any atom is -0.493 e. The lowest BCUT2D eigenvalue weighted by Crippen LogP contribution is -2.18. The zero-order chi connectivity index (χ0) is 27.9. The predicted octanol–water partition coefficient (Wildman–Crippen LogP) is 5.50. The highest BCUT2D eigenvalue weighted by molar-refractivity contribution is 6.17. The molecule has 1 atom stereocenters. The normalized spacial score (nSPS) is 11.4. The van der Waals surface area contributed by atoms with Gasteiger partial charge in [0.05, 0.1) is 14.2 Å². The summed E-state index contributed by atoms with van der Waals surface area (Å²) in [5, 5.41) is 10.8. The van der Waals surface area contributed by atoms with Crippen LogP contribution < -0.4 is 19.1 Å². The molecule has 0 saturated heterocycles. The Morgan fingerprint density at radius 1 is 0.795 bits per heavy atom. The minimum absolute atomic E-state index is 0.115. The van der Waals surface area contributed by atoms with Crippen LogP contribution in [0.4, 0.5) is 5.69 Å². The van der Waals surface area contributed by atoms with Gasteiger partial charge in [0.25, 0.3) is 0 Å². The molecule has 200 valence electrons. The Balaban J connectivity index is 1.74. The monoisotopic (exact) mass is 525 g/mol. The molecule has 0 spiro atoms. The summed E-state index contributed by atoms with van der Waals surface area (Å²) in [5.74, 6) is -0.00690. The van der Waals surface area contributed by atoms with Crippen LogP contribution >= 0.6 is 0 Å². The van der Waals surface area contributed by atoms with Crippen LogP contribution in [-0.4, -0.2) is 45.0 Å². The Hall–Kier alpha value is -4.62. The van der Waals surface area contributed by atoms with Crippen LogP contribution in [0, 0.1) is 0 Å². The fourth-order valence-electron chi connectivity index (χ4n) is 4.19. The lowest BCUT2D eigenvalue weighted by molar-refractivity contribution is 0.0744. The molecule has 0 saturated carbocycles. The SMILES string of the molecule is COc1cc(C(=O)c2cc(N(C)C)ccc2C(=O)C(O)c2ccccc2)cc(OC)c1OCc1ccccc1. The summed E-state index contributed by atoms with van der Waals surface area (Å²) >= 11 is 0. The molecule has 0 aromatic heterocycles. The molecule has 0 aliphatic heterocycles. The zero-order valence-corrected chi connectivity index (χ0v) is 22.4. The third-order valence-corrected chi connectivity index (χ3v) is 6.34. The van der Waals surface area contributed by atoms with E-state index in [1.165, 1.54) is 14.2 Å². The second-order valence-electron chi connectivity index (χ2n) is 9.12. The van der Waals surface area contributed by atoms with Crippen molar-refractivity contribution >= 4 is 17.3 Å². The van der Waals surface area contributed by atoms with Crippen molar-refractivity contribution < 1.29 is 28.9 Å². The van der Waals surface area contributed by atoms with Crippen molar-refractivity contribution in [3.05, 3.63) is 119 Å². The van der Waals surface area contributed by atoms with Gasteiger partial charge in [-0.25, -0.2) is 0 Å². The van der Waals surface area contributed by atoms with Gasteiger partial charge in [0, 0.05) is 36.5 Å². The highest BCUT2D eigenvalue weighted by Crippen LogP contribution is 2.40. The number of anilines is 1. The Bertz CT molecular complexity index is 1430. The van der Waals surface area contributed by atoms with Crippen molar-refractivity contribution in [1.82, 2.24) is 0 Å². The molecule has 0 aliphatic rings. The first kappa shape index (κ1) is 27.4. The maximum absolute atomic E-state index is 13.9. The number of methoxy groups -OCH3 is 2. The van der Waals surface area contributed by atoms with Gasteiger partial charge >= 0.3 is 0 Å². The van der Waals surface area contributed by atoms with E-state index in [2.05, 4.69) is 0 Å². The molecular formula is C32H31NO6. The summed E-state index contributed by atoms with van der Waals surface area (Å²) in [7, 11) is 6.65. The summed E-state index contributed by atoms with van der Waals surface area (Å²) < 4.78 is 17.1. The summed E-state index contributed by atoms with van der Waals surface area (Å²) in [4.78, 5) is 29.2. The molecule has 1 N–H and O–H groups in total. The van der Waals surface area contributed by atoms with E-state index in [4.69, 9.17) is 14.2 Å². The van der Waals surface area contributed by atoms with Gasteiger partial charge in [-0.1, -0.05) is 60.7 Å². The van der Waals surface area contributed by atoms with Gasteiger partial charge in [0.1, 0.15) is 12.7 Å². The van der Waals surface area contributed by atoms with Gasteiger partial charge in [-0.15, -0.1) is 0 Å². The first-order chi connectivity index (χ1) is 18.8. The van der Waals surface area contributed by atoms with E-state index in [0.29, 0.717) is 22.8 Å². The summed E-state index contributed by atoms with van der Waals surface area (Å²) in [6.07, 6.45) is -1.42.